The van der Waals surface area contributed by atoms with Crippen molar-refractivity contribution in [2.24, 2.45) is 0 Å². The van der Waals surface area contributed by atoms with Gasteiger partial charge >= 0.3 is 5.97 Å². The minimum atomic E-state index is -0.951. The average Bonchev–Trinajstić information content (AvgIpc) is 2.64. The molecule has 0 amide bonds. The van der Waals surface area contributed by atoms with Crippen LogP contribution in [-0.2, 0) is 16.0 Å². The van der Waals surface area contributed by atoms with Gasteiger partial charge in [0, 0.05) is 25.7 Å². The van der Waals surface area contributed by atoms with E-state index in [4.69, 9.17) is 9.47 Å². The number of benzene rings is 2. The summed E-state index contributed by atoms with van der Waals surface area (Å²) in [5.74, 6) is 5.94. The van der Waals surface area contributed by atoms with Crippen molar-refractivity contribution in [1.29, 1.82) is 0 Å². The zero-order chi connectivity index (χ0) is 21.2. The van der Waals surface area contributed by atoms with Gasteiger partial charge in [0.05, 0.1) is 3.57 Å². The predicted molar refractivity (Wildman–Crippen MR) is 139 cm³/mol. The molecule has 0 radical (unpaired) electrons. The van der Waals surface area contributed by atoms with Gasteiger partial charge in [-0.1, -0.05) is 17.9 Å². The van der Waals surface area contributed by atoms with Crippen LogP contribution in [0.1, 0.15) is 18.1 Å². The van der Waals surface area contributed by atoms with Crippen LogP contribution in [0.15, 0.2) is 48.6 Å². The molecule has 0 aliphatic heterocycles. The second-order valence-corrected chi connectivity index (χ2v) is 9.55. The van der Waals surface area contributed by atoms with Gasteiger partial charge in [0.15, 0.2) is 6.10 Å². The number of carboxylic acids is 1. The Morgan fingerprint density at radius 2 is 1.90 bits per heavy atom. The molecular formula is C22H19I3O4. The zero-order valence-corrected chi connectivity index (χ0v) is 22.1. The molecular weight excluding hydrogens is 709 g/mol. The van der Waals surface area contributed by atoms with Crippen molar-refractivity contribution in [1.82, 2.24) is 0 Å². The van der Waals surface area contributed by atoms with Crippen molar-refractivity contribution in [3.8, 4) is 17.6 Å². The smallest absolute Gasteiger partial charge is 0.333 e. The first-order chi connectivity index (χ1) is 13.9. The average molecular weight is 728 g/mol. The van der Waals surface area contributed by atoms with Crippen molar-refractivity contribution < 1.29 is 19.4 Å². The number of hydrogen-bond acceptors (Lipinski definition) is 3. The summed E-state index contributed by atoms with van der Waals surface area (Å²) in [4.78, 5) is 11.2. The van der Waals surface area contributed by atoms with Crippen LogP contribution >= 0.6 is 67.8 Å². The van der Waals surface area contributed by atoms with Crippen LogP contribution in [0.25, 0.3) is 0 Å². The van der Waals surface area contributed by atoms with E-state index in [2.05, 4.69) is 85.7 Å². The highest BCUT2D eigenvalue weighted by atomic mass is 127. The summed E-state index contributed by atoms with van der Waals surface area (Å²) < 4.78 is 14.3. The van der Waals surface area contributed by atoms with Gasteiger partial charge < -0.3 is 14.6 Å². The summed E-state index contributed by atoms with van der Waals surface area (Å²) in [6.07, 6.45) is 3.14. The molecule has 0 aliphatic carbocycles. The topological polar surface area (TPSA) is 55.8 Å². The van der Waals surface area contributed by atoms with Crippen LogP contribution in [0.5, 0.6) is 5.75 Å². The Bertz CT molecular complexity index is 925. The van der Waals surface area contributed by atoms with E-state index in [0.717, 1.165) is 20.4 Å². The molecule has 152 valence electrons. The Morgan fingerprint density at radius 1 is 1.17 bits per heavy atom. The second kappa shape index (κ2) is 12.8. The van der Waals surface area contributed by atoms with Crippen LogP contribution in [-0.4, -0.2) is 30.4 Å². The Labute approximate surface area is 211 Å². The molecule has 0 unspecified atom stereocenters. The third-order valence-corrected chi connectivity index (χ3v) is 5.76. The zero-order valence-electron chi connectivity index (χ0n) is 15.6. The van der Waals surface area contributed by atoms with Gasteiger partial charge in [0.25, 0.3) is 0 Å². The first-order valence-electron chi connectivity index (χ1n) is 8.77. The lowest BCUT2D eigenvalue weighted by Crippen LogP contribution is -2.26. The van der Waals surface area contributed by atoms with Gasteiger partial charge in [-0.05, 0) is 123 Å². The van der Waals surface area contributed by atoms with Gasteiger partial charge in [-0.25, -0.2) is 4.79 Å². The third kappa shape index (κ3) is 8.82. The first-order valence-corrected chi connectivity index (χ1v) is 12.0. The monoisotopic (exact) mass is 728 g/mol. The van der Waals surface area contributed by atoms with Gasteiger partial charge in [0.1, 0.15) is 12.4 Å². The molecule has 0 fully saturated rings. The van der Waals surface area contributed by atoms with Crippen LogP contribution < -0.4 is 4.74 Å². The van der Waals surface area contributed by atoms with Gasteiger partial charge in [0.2, 0.25) is 0 Å². The number of allylic oxidation sites excluding steroid dienone is 1. The highest BCUT2D eigenvalue weighted by molar-refractivity contribution is 14.1. The van der Waals surface area contributed by atoms with Gasteiger partial charge in [-0.3, -0.25) is 0 Å². The Balaban J connectivity index is 1.90. The maximum Gasteiger partial charge on any atom is 0.333 e. The molecule has 0 spiro atoms. The SMILES string of the molecule is CCO[C@@H](Cc1ccc(OCC=CC#Cc2cc(I)cc(I)c2)c(I)c1)C(=O)O. The molecule has 29 heavy (non-hydrogen) atoms. The quantitative estimate of drug-likeness (QED) is 0.288. The van der Waals surface area contributed by atoms with E-state index in [0.29, 0.717) is 19.6 Å². The van der Waals surface area contributed by atoms with Crippen molar-refractivity contribution in [2.45, 2.75) is 19.4 Å². The number of rotatable bonds is 8. The minimum absolute atomic E-state index is 0.326. The van der Waals surface area contributed by atoms with Crippen molar-refractivity contribution >= 4 is 73.7 Å². The first kappa shape index (κ1) is 24.4. The van der Waals surface area contributed by atoms with E-state index >= 15 is 0 Å². The van der Waals surface area contributed by atoms with Crippen LogP contribution in [0.3, 0.4) is 0 Å². The molecule has 1 atom stereocenters. The normalized spacial score (nSPS) is 11.7. The van der Waals surface area contributed by atoms with E-state index in [1.54, 1.807) is 13.0 Å². The summed E-state index contributed by atoms with van der Waals surface area (Å²) in [6, 6.07) is 11.8. The fourth-order valence-electron chi connectivity index (χ4n) is 2.42. The fourth-order valence-corrected chi connectivity index (χ4v) is 5.09. The maximum atomic E-state index is 11.2. The summed E-state index contributed by atoms with van der Waals surface area (Å²) in [7, 11) is 0. The van der Waals surface area contributed by atoms with Crippen molar-refractivity contribution in [3.63, 3.8) is 0 Å². The summed E-state index contributed by atoms with van der Waals surface area (Å²) >= 11 is 6.75. The van der Waals surface area contributed by atoms with E-state index in [9.17, 15) is 9.90 Å². The molecule has 0 saturated heterocycles. The highest BCUT2D eigenvalue weighted by Crippen LogP contribution is 2.23. The van der Waals surface area contributed by atoms with E-state index in [1.807, 2.05) is 36.4 Å². The summed E-state index contributed by atoms with van der Waals surface area (Å²) in [6.45, 7) is 2.56. The van der Waals surface area contributed by atoms with Crippen LogP contribution in [0.4, 0.5) is 0 Å². The van der Waals surface area contributed by atoms with Crippen LogP contribution in [0, 0.1) is 22.6 Å². The predicted octanol–water partition coefficient (Wildman–Crippen LogP) is 5.52. The van der Waals surface area contributed by atoms with Crippen molar-refractivity contribution in [3.05, 3.63) is 70.4 Å². The van der Waals surface area contributed by atoms with E-state index in [1.165, 1.54) is 7.14 Å². The minimum Gasteiger partial charge on any atom is -0.488 e. The number of hydrogen-bond donors (Lipinski definition) is 1. The highest BCUT2D eigenvalue weighted by Gasteiger charge is 2.18. The third-order valence-electron chi connectivity index (χ3n) is 3.68. The summed E-state index contributed by atoms with van der Waals surface area (Å²) in [5, 5.41) is 9.21. The molecule has 0 aromatic heterocycles. The fraction of sp³-hybridized carbons (Fsp3) is 0.227. The number of aliphatic carboxylic acids is 1. The van der Waals surface area contributed by atoms with Gasteiger partial charge in [-0.2, -0.15) is 0 Å². The second-order valence-electron chi connectivity index (χ2n) is 5.89. The number of ether oxygens (including phenoxy) is 2. The molecule has 0 aliphatic rings. The largest absolute Gasteiger partial charge is 0.488 e. The Kier molecular flexibility index (Phi) is 10.8. The van der Waals surface area contributed by atoms with Crippen molar-refractivity contribution in [2.75, 3.05) is 13.2 Å². The molecule has 0 bridgehead atoms. The standard InChI is InChI=1S/C22H19I3O4/c1-2-28-21(22(26)27)13-16-7-8-20(19(25)12-16)29-9-5-3-4-6-15-10-17(23)14-18(24)11-15/h3,5,7-8,10-12,14,21H,2,9,13H2,1H3,(H,26,27)/t21-/m0/s1. The molecule has 7 heteroatoms. The molecule has 2 rings (SSSR count). The van der Waals surface area contributed by atoms with Gasteiger partial charge in [-0.15, -0.1) is 0 Å². The van der Waals surface area contributed by atoms with Crippen LogP contribution in [0.2, 0.25) is 0 Å². The van der Waals surface area contributed by atoms with E-state index < -0.39 is 12.1 Å². The molecule has 2 aromatic carbocycles. The lowest BCUT2D eigenvalue weighted by Gasteiger charge is -2.13. The lowest BCUT2D eigenvalue weighted by atomic mass is 10.1. The lowest BCUT2D eigenvalue weighted by molar-refractivity contribution is -0.149. The Hall–Kier alpha value is -0.840. The molecule has 0 saturated carbocycles. The molecule has 1 N–H and O–H groups in total. The Morgan fingerprint density at radius 3 is 2.52 bits per heavy atom. The molecule has 0 heterocycles. The molecule has 4 nitrogen and oxygen atoms in total. The number of carbonyl (C=O) groups is 1. The van der Waals surface area contributed by atoms with E-state index in [-0.39, 0.29) is 0 Å². The number of halogens is 3. The molecule has 2 aromatic rings. The maximum absolute atomic E-state index is 11.2. The summed E-state index contributed by atoms with van der Waals surface area (Å²) in [5.41, 5.74) is 1.89. The number of carboxylic acid groups (broad SMARTS) is 1.